The van der Waals surface area contributed by atoms with E-state index in [0.29, 0.717) is 28.7 Å². The van der Waals surface area contributed by atoms with Crippen molar-refractivity contribution in [3.05, 3.63) is 40.9 Å². The number of fused-ring (bicyclic) bond motifs is 1. The SMILES string of the molecule is Cc1nnc(-c2ccc3cnc(CC(=O)N4CC[C@H](N)[C@@H](F)C4)c(F)c3c2)s1. The summed E-state index contributed by atoms with van der Waals surface area (Å²) in [5, 5.41) is 10.6. The average molecular weight is 403 g/mol. The van der Waals surface area contributed by atoms with Crippen LogP contribution in [-0.4, -0.2) is 51.3 Å². The summed E-state index contributed by atoms with van der Waals surface area (Å²) < 4.78 is 28.9. The molecule has 4 rings (SSSR count). The second-order valence-corrected chi connectivity index (χ2v) is 8.11. The van der Waals surface area contributed by atoms with E-state index in [1.807, 2.05) is 13.0 Å². The number of pyridine rings is 1. The van der Waals surface area contributed by atoms with Gasteiger partial charge in [-0.2, -0.15) is 0 Å². The number of likely N-dealkylation sites (tertiary alicyclic amines) is 1. The molecule has 1 aliphatic rings. The van der Waals surface area contributed by atoms with Gasteiger partial charge in [0.1, 0.15) is 16.2 Å². The van der Waals surface area contributed by atoms with Crippen molar-refractivity contribution >= 4 is 28.0 Å². The van der Waals surface area contributed by atoms with Gasteiger partial charge >= 0.3 is 0 Å². The molecule has 3 heterocycles. The number of amides is 1. The molecule has 0 aliphatic carbocycles. The summed E-state index contributed by atoms with van der Waals surface area (Å²) in [6.07, 6.45) is 0.460. The van der Waals surface area contributed by atoms with Gasteiger partial charge in [0, 0.05) is 35.1 Å². The zero-order valence-corrected chi connectivity index (χ0v) is 16.0. The van der Waals surface area contributed by atoms with Gasteiger partial charge in [-0.15, -0.1) is 10.2 Å². The molecule has 1 aliphatic heterocycles. The summed E-state index contributed by atoms with van der Waals surface area (Å²) in [6, 6.07) is 4.75. The Morgan fingerprint density at radius 2 is 2.21 bits per heavy atom. The first-order valence-corrected chi connectivity index (χ1v) is 9.79. The van der Waals surface area contributed by atoms with E-state index in [9.17, 15) is 9.18 Å². The highest BCUT2D eigenvalue weighted by atomic mass is 32.1. The normalized spacial score (nSPS) is 19.9. The van der Waals surface area contributed by atoms with Crippen LogP contribution < -0.4 is 5.73 Å². The predicted octanol–water partition coefficient (Wildman–Crippen LogP) is 2.64. The van der Waals surface area contributed by atoms with Crippen molar-refractivity contribution in [2.45, 2.75) is 32.0 Å². The van der Waals surface area contributed by atoms with E-state index >= 15 is 4.39 Å². The van der Waals surface area contributed by atoms with Gasteiger partial charge in [-0.05, 0) is 19.4 Å². The Morgan fingerprint density at radius 1 is 1.39 bits per heavy atom. The number of aryl methyl sites for hydroxylation is 1. The van der Waals surface area contributed by atoms with Gasteiger partial charge in [-0.25, -0.2) is 8.78 Å². The summed E-state index contributed by atoms with van der Waals surface area (Å²) in [5.41, 5.74) is 6.45. The topological polar surface area (TPSA) is 85.0 Å². The summed E-state index contributed by atoms with van der Waals surface area (Å²) in [6.45, 7) is 2.16. The molecule has 0 saturated carbocycles. The Bertz CT molecular complexity index is 1040. The van der Waals surface area contributed by atoms with Gasteiger partial charge in [-0.3, -0.25) is 9.78 Å². The quantitative estimate of drug-likeness (QED) is 0.727. The summed E-state index contributed by atoms with van der Waals surface area (Å²) in [5.74, 6) is -0.893. The highest BCUT2D eigenvalue weighted by molar-refractivity contribution is 7.14. The Labute approximate surface area is 164 Å². The van der Waals surface area contributed by atoms with Gasteiger partial charge < -0.3 is 10.6 Å². The number of carbonyl (C=O) groups excluding carboxylic acids is 1. The van der Waals surface area contributed by atoms with Gasteiger partial charge in [-0.1, -0.05) is 23.5 Å². The lowest BCUT2D eigenvalue weighted by Crippen LogP contribution is -2.50. The van der Waals surface area contributed by atoms with Crippen LogP contribution in [0, 0.1) is 12.7 Å². The van der Waals surface area contributed by atoms with Crippen molar-refractivity contribution in [3.8, 4) is 10.6 Å². The predicted molar refractivity (Wildman–Crippen MR) is 103 cm³/mol. The van der Waals surface area contributed by atoms with E-state index in [1.165, 1.54) is 16.2 Å². The maximum atomic E-state index is 15.1. The highest BCUT2D eigenvalue weighted by Crippen LogP contribution is 2.29. The summed E-state index contributed by atoms with van der Waals surface area (Å²) >= 11 is 1.42. The van der Waals surface area contributed by atoms with Crippen molar-refractivity contribution < 1.29 is 13.6 Å². The van der Waals surface area contributed by atoms with Gasteiger partial charge in [0.25, 0.3) is 0 Å². The number of nitrogens with zero attached hydrogens (tertiary/aromatic N) is 4. The van der Waals surface area contributed by atoms with Crippen LogP contribution in [0.3, 0.4) is 0 Å². The Morgan fingerprint density at radius 3 is 2.93 bits per heavy atom. The number of nitrogens with two attached hydrogens (primary N) is 1. The number of hydrogen-bond acceptors (Lipinski definition) is 6. The van der Waals surface area contributed by atoms with Gasteiger partial charge in [0.15, 0.2) is 5.82 Å². The number of benzene rings is 1. The zero-order chi connectivity index (χ0) is 19.8. The fourth-order valence-electron chi connectivity index (χ4n) is 3.29. The standard InChI is InChI=1S/C19H19F2N5OS/c1-10-24-25-19(28-10)11-2-3-12-8-23-16(18(21)13(12)6-11)7-17(27)26-5-4-15(22)14(20)9-26/h2-3,6,8,14-15H,4-5,7,9,22H2,1H3/t14-,15-/m0/s1. The first-order chi connectivity index (χ1) is 13.4. The third-order valence-corrected chi connectivity index (χ3v) is 5.83. The number of hydrogen-bond donors (Lipinski definition) is 1. The van der Waals surface area contributed by atoms with Crippen LogP contribution in [0.1, 0.15) is 17.1 Å². The molecule has 9 heteroatoms. The molecule has 146 valence electrons. The number of aromatic nitrogens is 3. The van der Waals surface area contributed by atoms with Crippen LogP contribution in [0.25, 0.3) is 21.3 Å². The number of rotatable bonds is 3. The molecule has 2 aromatic heterocycles. The monoisotopic (exact) mass is 403 g/mol. The smallest absolute Gasteiger partial charge is 0.228 e. The largest absolute Gasteiger partial charge is 0.339 e. The third-order valence-electron chi connectivity index (χ3n) is 4.94. The minimum atomic E-state index is -1.26. The van der Waals surface area contributed by atoms with Gasteiger partial charge in [0.05, 0.1) is 18.7 Å². The summed E-state index contributed by atoms with van der Waals surface area (Å²) in [4.78, 5) is 18.0. The molecule has 6 nitrogen and oxygen atoms in total. The number of piperidine rings is 1. The first kappa shape index (κ1) is 18.8. The van der Waals surface area contributed by atoms with Crippen molar-refractivity contribution in [2.24, 2.45) is 5.73 Å². The van der Waals surface area contributed by atoms with E-state index in [0.717, 1.165) is 10.6 Å². The van der Waals surface area contributed by atoms with Crippen LogP contribution in [0.2, 0.25) is 0 Å². The molecule has 0 spiro atoms. The van der Waals surface area contributed by atoms with E-state index in [4.69, 9.17) is 5.73 Å². The molecule has 1 fully saturated rings. The fourth-order valence-corrected chi connectivity index (χ4v) is 3.98. The number of carbonyl (C=O) groups is 1. The molecule has 2 N–H and O–H groups in total. The molecule has 1 amide bonds. The molecule has 1 saturated heterocycles. The van der Waals surface area contributed by atoms with Crippen LogP contribution >= 0.6 is 11.3 Å². The van der Waals surface area contributed by atoms with E-state index in [1.54, 1.807) is 18.3 Å². The molecule has 2 atom stereocenters. The van der Waals surface area contributed by atoms with Crippen molar-refractivity contribution in [2.75, 3.05) is 13.1 Å². The van der Waals surface area contributed by atoms with E-state index in [2.05, 4.69) is 15.2 Å². The molecule has 3 aromatic rings. The first-order valence-electron chi connectivity index (χ1n) is 8.97. The lowest BCUT2D eigenvalue weighted by Gasteiger charge is -2.32. The van der Waals surface area contributed by atoms with Crippen LogP contribution in [0.4, 0.5) is 8.78 Å². The van der Waals surface area contributed by atoms with E-state index in [-0.39, 0.29) is 24.6 Å². The fraction of sp³-hybridized carbons (Fsp3) is 0.368. The molecule has 1 aromatic carbocycles. The molecular weight excluding hydrogens is 384 g/mol. The Hall–Kier alpha value is -2.52. The Balaban J connectivity index is 1.61. The average Bonchev–Trinajstić information content (AvgIpc) is 3.12. The van der Waals surface area contributed by atoms with Gasteiger partial charge in [0.2, 0.25) is 5.91 Å². The Kier molecular flexibility index (Phi) is 5.03. The van der Waals surface area contributed by atoms with Crippen LogP contribution in [0.15, 0.2) is 24.4 Å². The molecule has 28 heavy (non-hydrogen) atoms. The van der Waals surface area contributed by atoms with Crippen molar-refractivity contribution in [1.29, 1.82) is 0 Å². The molecule has 0 unspecified atom stereocenters. The highest BCUT2D eigenvalue weighted by Gasteiger charge is 2.29. The summed E-state index contributed by atoms with van der Waals surface area (Å²) in [7, 11) is 0. The maximum absolute atomic E-state index is 15.1. The maximum Gasteiger partial charge on any atom is 0.228 e. The second kappa shape index (κ2) is 7.48. The van der Waals surface area contributed by atoms with E-state index < -0.39 is 18.0 Å². The second-order valence-electron chi connectivity index (χ2n) is 6.93. The van der Waals surface area contributed by atoms with Crippen LogP contribution in [0.5, 0.6) is 0 Å². The number of alkyl halides is 1. The molecule has 0 bridgehead atoms. The third kappa shape index (κ3) is 3.59. The number of halogens is 2. The molecule has 0 radical (unpaired) electrons. The van der Waals surface area contributed by atoms with Crippen molar-refractivity contribution in [1.82, 2.24) is 20.1 Å². The molecular formula is C19H19F2N5OS. The zero-order valence-electron chi connectivity index (χ0n) is 15.2. The van der Waals surface area contributed by atoms with Crippen LogP contribution in [-0.2, 0) is 11.2 Å². The van der Waals surface area contributed by atoms with Crippen molar-refractivity contribution in [3.63, 3.8) is 0 Å². The minimum absolute atomic E-state index is 0.0494. The lowest BCUT2D eigenvalue weighted by molar-refractivity contribution is -0.132. The lowest BCUT2D eigenvalue weighted by atomic mass is 10.0. The minimum Gasteiger partial charge on any atom is -0.339 e.